The Morgan fingerprint density at radius 1 is 1.27 bits per heavy atom. The normalized spacial score (nSPS) is 24.7. The van der Waals surface area contributed by atoms with Gasteiger partial charge in [0.05, 0.1) is 5.69 Å². The molecule has 0 radical (unpaired) electrons. The molecule has 1 fully saturated rings. The number of thiazole rings is 1. The number of benzene rings is 1. The lowest BCUT2D eigenvalue weighted by Crippen LogP contribution is -2.49. The smallest absolute Gasteiger partial charge is 0.180 e. The molecule has 3 N–H and O–H groups in total. The van der Waals surface area contributed by atoms with E-state index in [0.717, 1.165) is 31.7 Å². The fourth-order valence-electron chi connectivity index (χ4n) is 3.72. The summed E-state index contributed by atoms with van der Waals surface area (Å²) < 4.78 is 0. The predicted octanol–water partition coefficient (Wildman–Crippen LogP) is 3.50. The van der Waals surface area contributed by atoms with Gasteiger partial charge in [-0.2, -0.15) is 0 Å². The Morgan fingerprint density at radius 3 is 2.82 bits per heavy atom. The van der Waals surface area contributed by atoms with E-state index in [1.165, 1.54) is 35.4 Å². The molecular weight excluding hydrogens is 290 g/mol. The molecule has 1 saturated carbocycles. The summed E-state index contributed by atoms with van der Waals surface area (Å²) in [5.41, 5.74) is 8.61. The second-order valence-corrected chi connectivity index (χ2v) is 7.84. The highest BCUT2D eigenvalue weighted by Crippen LogP contribution is 2.40. The zero-order chi connectivity index (χ0) is 15.0. The molecule has 1 aromatic carbocycles. The summed E-state index contributed by atoms with van der Waals surface area (Å²) in [6, 6.07) is 10.9. The van der Waals surface area contributed by atoms with Gasteiger partial charge in [-0.25, -0.2) is 4.98 Å². The van der Waals surface area contributed by atoms with Gasteiger partial charge in [-0.1, -0.05) is 36.8 Å². The van der Waals surface area contributed by atoms with E-state index >= 15 is 0 Å². The van der Waals surface area contributed by atoms with E-state index in [2.05, 4.69) is 40.6 Å². The number of nitrogens with one attached hydrogen (secondary N) is 1. The van der Waals surface area contributed by atoms with Crippen LogP contribution in [0.2, 0.25) is 0 Å². The topological polar surface area (TPSA) is 50.9 Å². The van der Waals surface area contributed by atoms with E-state index in [4.69, 9.17) is 5.73 Å². The van der Waals surface area contributed by atoms with Crippen molar-refractivity contribution in [2.24, 2.45) is 5.92 Å². The summed E-state index contributed by atoms with van der Waals surface area (Å²) in [5, 5.41) is 4.66. The molecule has 0 spiro atoms. The fourth-order valence-corrected chi connectivity index (χ4v) is 4.72. The first-order valence-electron chi connectivity index (χ1n) is 8.30. The molecule has 1 unspecified atom stereocenters. The summed E-state index contributed by atoms with van der Waals surface area (Å²) >= 11 is 1.67. The van der Waals surface area contributed by atoms with Crippen molar-refractivity contribution in [3.63, 3.8) is 0 Å². The maximum Gasteiger partial charge on any atom is 0.180 e. The third-order valence-electron chi connectivity index (χ3n) is 5.33. The van der Waals surface area contributed by atoms with Crippen molar-refractivity contribution < 1.29 is 0 Å². The highest BCUT2D eigenvalue weighted by Gasteiger charge is 2.38. The number of fused-ring (bicyclic) bond motifs is 1. The summed E-state index contributed by atoms with van der Waals surface area (Å²) in [7, 11) is 0. The van der Waals surface area contributed by atoms with Crippen LogP contribution in [0.5, 0.6) is 0 Å². The van der Waals surface area contributed by atoms with Crippen LogP contribution in [0.4, 0.5) is 5.13 Å². The van der Waals surface area contributed by atoms with Crippen molar-refractivity contribution in [3.05, 3.63) is 46.5 Å². The monoisotopic (exact) mass is 313 g/mol. The number of nitrogens with zero attached hydrogens (tertiary/aromatic N) is 1. The fraction of sp³-hybridized carbons (Fsp3) is 0.500. The molecule has 2 aromatic rings. The van der Waals surface area contributed by atoms with E-state index in [-0.39, 0.29) is 5.54 Å². The molecule has 0 amide bonds. The van der Waals surface area contributed by atoms with Gasteiger partial charge in [0.1, 0.15) is 0 Å². The number of rotatable bonds is 4. The molecule has 0 aliphatic heterocycles. The Labute approximate surface area is 136 Å². The average Bonchev–Trinajstić information content (AvgIpc) is 2.85. The molecule has 4 rings (SSSR count). The standard InChI is InChI=1S/C18H23N3S/c19-17-21-15-9-10-18(11-16(15)22-17,14-7-2-1-3-8-14)20-12-13-5-4-6-13/h1-3,7-8,13,20H,4-6,9-12H2,(H2,19,21). The molecule has 2 aliphatic carbocycles. The summed E-state index contributed by atoms with van der Waals surface area (Å²) in [6.07, 6.45) is 7.33. The zero-order valence-corrected chi connectivity index (χ0v) is 13.7. The third-order valence-corrected chi connectivity index (χ3v) is 6.25. The van der Waals surface area contributed by atoms with Crippen LogP contribution in [-0.4, -0.2) is 11.5 Å². The minimum absolute atomic E-state index is 0.0584. The van der Waals surface area contributed by atoms with Gasteiger partial charge in [0.2, 0.25) is 0 Å². The third kappa shape index (κ3) is 2.55. The number of aryl methyl sites for hydroxylation is 1. The zero-order valence-electron chi connectivity index (χ0n) is 12.8. The first-order valence-corrected chi connectivity index (χ1v) is 9.11. The van der Waals surface area contributed by atoms with Gasteiger partial charge in [-0.15, -0.1) is 11.3 Å². The molecule has 0 bridgehead atoms. The second kappa shape index (κ2) is 5.67. The predicted molar refractivity (Wildman–Crippen MR) is 92.0 cm³/mol. The molecule has 0 saturated heterocycles. The van der Waals surface area contributed by atoms with Gasteiger partial charge < -0.3 is 11.1 Å². The Hall–Kier alpha value is -1.39. The minimum atomic E-state index is 0.0584. The van der Waals surface area contributed by atoms with Gasteiger partial charge in [0.15, 0.2) is 5.13 Å². The Morgan fingerprint density at radius 2 is 2.09 bits per heavy atom. The van der Waals surface area contributed by atoms with E-state index in [1.54, 1.807) is 11.3 Å². The van der Waals surface area contributed by atoms with Gasteiger partial charge in [-0.05, 0) is 43.7 Å². The lowest BCUT2D eigenvalue weighted by Gasteiger charge is -2.40. The van der Waals surface area contributed by atoms with E-state index < -0.39 is 0 Å². The number of hydrogen-bond donors (Lipinski definition) is 2. The lowest BCUT2D eigenvalue weighted by atomic mass is 9.76. The highest BCUT2D eigenvalue weighted by molar-refractivity contribution is 7.15. The van der Waals surface area contributed by atoms with Gasteiger partial charge >= 0.3 is 0 Å². The molecule has 1 aromatic heterocycles. The van der Waals surface area contributed by atoms with Gasteiger partial charge in [0.25, 0.3) is 0 Å². The average molecular weight is 313 g/mol. The van der Waals surface area contributed by atoms with Crippen LogP contribution in [-0.2, 0) is 18.4 Å². The van der Waals surface area contributed by atoms with Crippen LogP contribution in [0.25, 0.3) is 0 Å². The van der Waals surface area contributed by atoms with Crippen LogP contribution < -0.4 is 11.1 Å². The summed E-state index contributed by atoms with van der Waals surface area (Å²) in [4.78, 5) is 5.87. The first kappa shape index (κ1) is 14.2. The van der Waals surface area contributed by atoms with Crippen LogP contribution in [0.15, 0.2) is 30.3 Å². The molecule has 1 heterocycles. The maximum atomic E-state index is 5.93. The SMILES string of the molecule is Nc1nc2c(s1)CC(NCC1CCC1)(c1ccccc1)CC2. The molecule has 3 nitrogen and oxygen atoms in total. The van der Waals surface area contributed by atoms with Crippen molar-refractivity contribution in [3.8, 4) is 0 Å². The van der Waals surface area contributed by atoms with Crippen molar-refractivity contribution in [1.82, 2.24) is 10.3 Å². The van der Waals surface area contributed by atoms with Crippen molar-refractivity contribution in [1.29, 1.82) is 0 Å². The Kier molecular flexibility index (Phi) is 3.66. The summed E-state index contributed by atoms with van der Waals surface area (Å²) in [6.45, 7) is 1.14. The van der Waals surface area contributed by atoms with Crippen molar-refractivity contribution in [2.75, 3.05) is 12.3 Å². The van der Waals surface area contributed by atoms with E-state index in [9.17, 15) is 0 Å². The molecule has 4 heteroatoms. The molecular formula is C18H23N3S. The summed E-state index contributed by atoms with van der Waals surface area (Å²) in [5.74, 6) is 0.869. The minimum Gasteiger partial charge on any atom is -0.375 e. The largest absolute Gasteiger partial charge is 0.375 e. The quantitative estimate of drug-likeness (QED) is 0.908. The lowest BCUT2D eigenvalue weighted by molar-refractivity contribution is 0.226. The van der Waals surface area contributed by atoms with Gasteiger partial charge in [0, 0.05) is 16.8 Å². The number of anilines is 1. The van der Waals surface area contributed by atoms with Crippen LogP contribution >= 0.6 is 11.3 Å². The maximum absolute atomic E-state index is 5.93. The van der Waals surface area contributed by atoms with Crippen LogP contribution in [0, 0.1) is 5.92 Å². The van der Waals surface area contributed by atoms with E-state index in [0.29, 0.717) is 5.13 Å². The molecule has 2 aliphatic rings. The Balaban J connectivity index is 1.63. The number of aromatic nitrogens is 1. The first-order chi connectivity index (χ1) is 10.8. The highest BCUT2D eigenvalue weighted by atomic mass is 32.1. The van der Waals surface area contributed by atoms with Crippen LogP contribution in [0.3, 0.4) is 0 Å². The number of hydrogen-bond acceptors (Lipinski definition) is 4. The molecule has 1 atom stereocenters. The van der Waals surface area contributed by atoms with Crippen LogP contribution in [0.1, 0.15) is 41.8 Å². The van der Waals surface area contributed by atoms with Crippen molar-refractivity contribution >= 4 is 16.5 Å². The van der Waals surface area contributed by atoms with E-state index in [1.807, 2.05) is 0 Å². The van der Waals surface area contributed by atoms with Crippen molar-refractivity contribution in [2.45, 2.75) is 44.1 Å². The second-order valence-electron chi connectivity index (χ2n) is 6.72. The molecule has 22 heavy (non-hydrogen) atoms. The molecule has 116 valence electrons. The number of nitrogens with two attached hydrogens (primary N) is 1. The van der Waals surface area contributed by atoms with Gasteiger partial charge in [-0.3, -0.25) is 0 Å². The Bertz CT molecular complexity index is 648. The number of nitrogen functional groups attached to an aromatic ring is 1.